The molecule has 0 aliphatic heterocycles. The van der Waals surface area contributed by atoms with E-state index in [1.54, 1.807) is 0 Å². The molecule has 0 heterocycles. The highest BCUT2D eigenvalue weighted by atomic mass is 79.9. The fraction of sp³-hybridized carbons (Fsp3) is 0.538. The predicted molar refractivity (Wildman–Crippen MR) is 75.0 cm³/mol. The number of hydrogen-bond acceptors (Lipinski definition) is 1. The zero-order chi connectivity index (χ0) is 12.1. The van der Waals surface area contributed by atoms with Crippen LogP contribution in [0, 0.1) is 5.92 Å². The van der Waals surface area contributed by atoms with E-state index in [-0.39, 0.29) is 0 Å². The van der Waals surface area contributed by atoms with Crippen LogP contribution in [0.15, 0.2) is 22.7 Å². The van der Waals surface area contributed by atoms with Gasteiger partial charge in [-0.2, -0.15) is 0 Å². The van der Waals surface area contributed by atoms with Crippen LogP contribution in [0.5, 0.6) is 0 Å². The molecule has 0 saturated carbocycles. The Hall–Kier alpha value is -0.0500. The second kappa shape index (κ2) is 6.63. The van der Waals surface area contributed by atoms with Gasteiger partial charge >= 0.3 is 0 Å². The summed E-state index contributed by atoms with van der Waals surface area (Å²) in [6.07, 6.45) is 2.36. The number of hydrogen-bond donors (Lipinski definition) is 1. The Labute approximate surface area is 112 Å². The lowest BCUT2D eigenvalue weighted by Gasteiger charge is -2.21. The molecule has 2 atom stereocenters. The van der Waals surface area contributed by atoms with Gasteiger partial charge in [-0.25, -0.2) is 0 Å². The van der Waals surface area contributed by atoms with Crippen molar-refractivity contribution < 1.29 is 0 Å². The summed E-state index contributed by atoms with van der Waals surface area (Å²) in [5.74, 6) is 0.722. The second-order valence-corrected chi connectivity index (χ2v) is 5.55. The van der Waals surface area contributed by atoms with E-state index in [4.69, 9.17) is 11.6 Å². The van der Waals surface area contributed by atoms with Gasteiger partial charge in [0.2, 0.25) is 0 Å². The van der Waals surface area contributed by atoms with Gasteiger partial charge in [-0.15, -0.1) is 0 Å². The van der Waals surface area contributed by atoms with Gasteiger partial charge in [0.1, 0.15) is 0 Å². The molecule has 0 aromatic heterocycles. The zero-order valence-corrected chi connectivity index (χ0v) is 12.4. The molecule has 0 fully saturated rings. The molecular weight excluding hydrogens is 286 g/mol. The van der Waals surface area contributed by atoms with Gasteiger partial charge in [-0.3, -0.25) is 0 Å². The first-order chi connectivity index (χ1) is 7.58. The molecule has 1 aromatic rings. The van der Waals surface area contributed by atoms with Gasteiger partial charge in [0.25, 0.3) is 0 Å². The third-order valence-electron chi connectivity index (χ3n) is 3.02. The maximum absolute atomic E-state index is 5.95. The highest BCUT2D eigenvalue weighted by Crippen LogP contribution is 2.30. The quantitative estimate of drug-likeness (QED) is 0.824. The van der Waals surface area contributed by atoms with Gasteiger partial charge in [0, 0.05) is 15.5 Å². The van der Waals surface area contributed by atoms with Crippen LogP contribution >= 0.6 is 27.5 Å². The topological polar surface area (TPSA) is 12.0 Å². The summed E-state index contributed by atoms with van der Waals surface area (Å²) in [5.41, 5.74) is 1.28. The largest absolute Gasteiger partial charge is 0.313 e. The molecule has 16 heavy (non-hydrogen) atoms. The highest BCUT2D eigenvalue weighted by molar-refractivity contribution is 9.10. The lowest BCUT2D eigenvalue weighted by Crippen LogP contribution is -2.19. The lowest BCUT2D eigenvalue weighted by atomic mass is 9.94. The first-order valence-electron chi connectivity index (χ1n) is 5.70. The summed E-state index contributed by atoms with van der Waals surface area (Å²) < 4.78 is 1.09. The van der Waals surface area contributed by atoms with Gasteiger partial charge in [0.05, 0.1) is 0 Å². The molecule has 2 unspecified atom stereocenters. The zero-order valence-electron chi connectivity index (χ0n) is 10.1. The minimum Gasteiger partial charge on any atom is -0.313 e. The van der Waals surface area contributed by atoms with E-state index in [2.05, 4.69) is 41.2 Å². The van der Waals surface area contributed by atoms with Crippen LogP contribution < -0.4 is 5.32 Å². The van der Waals surface area contributed by atoms with Gasteiger partial charge < -0.3 is 5.32 Å². The van der Waals surface area contributed by atoms with Crippen molar-refractivity contribution in [2.24, 2.45) is 5.92 Å². The Morgan fingerprint density at radius 1 is 1.44 bits per heavy atom. The minimum atomic E-state index is 0.390. The molecule has 0 amide bonds. The summed E-state index contributed by atoms with van der Waals surface area (Å²) in [6, 6.07) is 6.39. The van der Waals surface area contributed by atoms with Gasteiger partial charge in [0.15, 0.2) is 0 Å². The van der Waals surface area contributed by atoms with Crippen LogP contribution in [0.2, 0.25) is 5.02 Å². The maximum atomic E-state index is 5.95. The molecule has 0 aliphatic carbocycles. The molecule has 0 spiro atoms. The average Bonchev–Trinajstić information content (AvgIpc) is 2.26. The molecule has 3 heteroatoms. The molecule has 1 rings (SSSR count). The summed E-state index contributed by atoms with van der Waals surface area (Å²) in [6.45, 7) is 4.52. The van der Waals surface area contributed by atoms with Crippen LogP contribution in [0.25, 0.3) is 0 Å². The first kappa shape index (κ1) is 14.0. The summed E-state index contributed by atoms with van der Waals surface area (Å²) in [7, 11) is 2.01. The fourth-order valence-corrected chi connectivity index (χ4v) is 2.71. The van der Waals surface area contributed by atoms with E-state index in [0.717, 1.165) is 21.8 Å². The Morgan fingerprint density at radius 3 is 2.62 bits per heavy atom. The van der Waals surface area contributed by atoms with Crippen molar-refractivity contribution in [2.45, 2.75) is 32.7 Å². The van der Waals surface area contributed by atoms with Crippen LogP contribution in [-0.4, -0.2) is 7.05 Å². The summed E-state index contributed by atoms with van der Waals surface area (Å²) in [5, 5.41) is 4.14. The number of nitrogens with one attached hydrogen (secondary N) is 1. The number of benzene rings is 1. The molecule has 1 N–H and O–H groups in total. The SMILES string of the molecule is CCC(C)CC(NC)c1ccc(Cl)cc1Br. The van der Waals surface area contributed by atoms with Crippen LogP contribution in [0.4, 0.5) is 0 Å². The predicted octanol–water partition coefficient (Wildman–Crippen LogP) is 4.80. The van der Waals surface area contributed by atoms with E-state index in [1.165, 1.54) is 12.0 Å². The Kier molecular flexibility index (Phi) is 5.81. The third-order valence-corrected chi connectivity index (χ3v) is 3.94. The third kappa shape index (κ3) is 3.76. The van der Waals surface area contributed by atoms with Crippen molar-refractivity contribution in [2.75, 3.05) is 7.05 Å². The normalized spacial score (nSPS) is 14.8. The van der Waals surface area contributed by atoms with Crippen molar-refractivity contribution in [1.29, 1.82) is 0 Å². The molecule has 90 valence electrons. The number of halogens is 2. The second-order valence-electron chi connectivity index (χ2n) is 4.26. The van der Waals surface area contributed by atoms with Crippen LogP contribution in [0.3, 0.4) is 0 Å². The van der Waals surface area contributed by atoms with Gasteiger partial charge in [-0.1, -0.05) is 53.9 Å². The monoisotopic (exact) mass is 303 g/mol. The molecule has 0 saturated heterocycles. The first-order valence-corrected chi connectivity index (χ1v) is 6.87. The van der Waals surface area contributed by atoms with Crippen LogP contribution in [-0.2, 0) is 0 Å². The summed E-state index contributed by atoms with van der Waals surface area (Å²) >= 11 is 9.52. The molecule has 0 bridgehead atoms. The summed E-state index contributed by atoms with van der Waals surface area (Å²) in [4.78, 5) is 0. The fourth-order valence-electron chi connectivity index (χ4n) is 1.75. The smallest absolute Gasteiger partial charge is 0.0417 e. The van der Waals surface area contributed by atoms with Crippen molar-refractivity contribution in [3.05, 3.63) is 33.3 Å². The Morgan fingerprint density at radius 2 is 2.12 bits per heavy atom. The van der Waals surface area contributed by atoms with Crippen molar-refractivity contribution in [3.8, 4) is 0 Å². The maximum Gasteiger partial charge on any atom is 0.0417 e. The minimum absolute atomic E-state index is 0.390. The van der Waals surface area contributed by atoms with E-state index < -0.39 is 0 Å². The highest BCUT2D eigenvalue weighted by Gasteiger charge is 2.15. The average molecular weight is 305 g/mol. The van der Waals surface area contributed by atoms with E-state index >= 15 is 0 Å². The van der Waals surface area contributed by atoms with E-state index in [9.17, 15) is 0 Å². The molecule has 1 nitrogen and oxygen atoms in total. The lowest BCUT2D eigenvalue weighted by molar-refractivity contribution is 0.421. The molecule has 1 aromatic carbocycles. The molecule has 0 aliphatic rings. The van der Waals surface area contributed by atoms with Gasteiger partial charge in [-0.05, 0) is 37.1 Å². The van der Waals surface area contributed by atoms with E-state index in [0.29, 0.717) is 6.04 Å². The Bertz CT molecular complexity index is 341. The van der Waals surface area contributed by atoms with Crippen molar-refractivity contribution in [1.82, 2.24) is 5.32 Å². The molecular formula is C13H19BrClN. The van der Waals surface area contributed by atoms with Crippen molar-refractivity contribution >= 4 is 27.5 Å². The Balaban J connectivity index is 2.86. The standard InChI is InChI=1S/C13H19BrClN/c1-4-9(2)7-13(16-3)11-6-5-10(15)8-12(11)14/h5-6,8-9,13,16H,4,7H2,1-3H3. The number of rotatable bonds is 5. The van der Waals surface area contributed by atoms with Crippen LogP contribution in [0.1, 0.15) is 38.3 Å². The molecule has 0 radical (unpaired) electrons. The van der Waals surface area contributed by atoms with Crippen molar-refractivity contribution in [3.63, 3.8) is 0 Å². The van der Waals surface area contributed by atoms with E-state index in [1.807, 2.05) is 19.2 Å².